The van der Waals surface area contributed by atoms with Crippen molar-refractivity contribution in [1.82, 2.24) is 21.3 Å². The number of unbranched alkanes of at least 4 members (excludes halogenated alkanes) is 1. The lowest BCUT2D eigenvalue weighted by atomic mass is 9.81. The first-order chi connectivity index (χ1) is 22.5. The molecule has 15 heteroatoms. The van der Waals surface area contributed by atoms with Crippen LogP contribution in [-0.2, 0) is 36.8 Å². The molecule has 1 aliphatic carbocycles. The Bertz CT molecular complexity index is 1270. The highest BCUT2D eigenvalue weighted by Crippen LogP contribution is 2.29. The van der Waals surface area contributed by atoms with Gasteiger partial charge in [-0.3, -0.25) is 14.4 Å². The molecule has 3 rings (SSSR count). The SMILES string of the molecule is NCC1CCC(C(=O)N[C@H](Cc2ccc3c(c2)CCCO3)C(=O)NCCCC[C@H](NC(=O)N[C@@H](CCC(=O)O)C(=O)O)C(=O)O)CC1. The van der Waals surface area contributed by atoms with Crippen molar-refractivity contribution in [2.45, 2.75) is 95.2 Å². The molecular formula is C32H47N5O10. The molecular weight excluding hydrogens is 614 g/mol. The maximum atomic E-state index is 13.3. The van der Waals surface area contributed by atoms with E-state index in [0.29, 0.717) is 44.8 Å². The van der Waals surface area contributed by atoms with Crippen LogP contribution in [0.3, 0.4) is 0 Å². The predicted octanol–water partition coefficient (Wildman–Crippen LogP) is 1.16. The first-order valence-electron chi connectivity index (χ1n) is 16.2. The fraction of sp³-hybridized carbons (Fsp3) is 0.625. The summed E-state index contributed by atoms with van der Waals surface area (Å²) in [6, 6.07) is 1.08. The molecule has 0 saturated heterocycles. The topological polar surface area (TPSA) is 246 Å². The Morgan fingerprint density at radius 2 is 1.55 bits per heavy atom. The van der Waals surface area contributed by atoms with Gasteiger partial charge in [-0.05, 0) is 93.9 Å². The van der Waals surface area contributed by atoms with Crippen molar-refractivity contribution >= 4 is 35.8 Å². The molecule has 1 aliphatic heterocycles. The summed E-state index contributed by atoms with van der Waals surface area (Å²) in [6.07, 6.45) is 5.03. The molecule has 1 fully saturated rings. The number of carbonyl (C=O) groups is 6. The van der Waals surface area contributed by atoms with Gasteiger partial charge in [0.25, 0.3) is 0 Å². The molecule has 0 unspecified atom stereocenters. The zero-order chi connectivity index (χ0) is 34.3. The number of benzene rings is 1. The highest BCUT2D eigenvalue weighted by Gasteiger charge is 2.30. The third-order valence-electron chi connectivity index (χ3n) is 8.67. The average Bonchev–Trinajstić information content (AvgIpc) is 3.05. The smallest absolute Gasteiger partial charge is 0.326 e. The lowest BCUT2D eigenvalue weighted by Gasteiger charge is -2.28. The van der Waals surface area contributed by atoms with E-state index in [-0.39, 0.29) is 43.5 Å². The van der Waals surface area contributed by atoms with E-state index in [1.54, 1.807) is 0 Å². The number of amides is 4. The Morgan fingerprint density at radius 1 is 0.872 bits per heavy atom. The van der Waals surface area contributed by atoms with Crippen LogP contribution >= 0.6 is 0 Å². The Morgan fingerprint density at radius 3 is 2.19 bits per heavy atom. The van der Waals surface area contributed by atoms with Crippen LogP contribution in [0.4, 0.5) is 4.79 Å². The van der Waals surface area contributed by atoms with Gasteiger partial charge in [0.05, 0.1) is 6.61 Å². The molecule has 0 spiro atoms. The summed E-state index contributed by atoms with van der Waals surface area (Å²) in [5.74, 6) is -3.49. The number of aliphatic carboxylic acids is 3. The van der Waals surface area contributed by atoms with E-state index < -0.39 is 48.5 Å². The zero-order valence-electron chi connectivity index (χ0n) is 26.5. The highest BCUT2D eigenvalue weighted by atomic mass is 16.5. The molecule has 15 nitrogen and oxygen atoms in total. The number of carboxylic acids is 3. The molecule has 1 saturated carbocycles. The van der Waals surface area contributed by atoms with Crippen LogP contribution in [0.15, 0.2) is 18.2 Å². The first-order valence-corrected chi connectivity index (χ1v) is 16.2. The van der Waals surface area contributed by atoms with E-state index in [2.05, 4.69) is 21.3 Å². The lowest BCUT2D eigenvalue weighted by Crippen LogP contribution is -2.51. The van der Waals surface area contributed by atoms with Crippen LogP contribution < -0.4 is 31.7 Å². The van der Waals surface area contributed by atoms with Crippen molar-refractivity contribution < 1.29 is 48.8 Å². The van der Waals surface area contributed by atoms with Crippen LogP contribution in [0.1, 0.15) is 75.3 Å². The Labute approximate surface area is 273 Å². The standard InChI is InChI=1S/C32H47N5O10/c33-18-19-6-9-21(10-7-19)28(40)35-25(17-20-8-12-26-22(16-20)4-3-15-47-26)29(41)34-14-2-1-5-23(30(42)43)36-32(46)37-24(31(44)45)11-13-27(38)39/h8,12,16,19,21,23-25H,1-7,9-11,13-15,17-18,33H2,(H,34,41)(H,35,40)(H,38,39)(H,42,43)(H,44,45)(H2,36,37,46)/t19?,21?,23-,24-,25+/m0/s1. The number of nitrogens with two attached hydrogens (primary N) is 1. The molecule has 9 N–H and O–H groups in total. The lowest BCUT2D eigenvalue weighted by molar-refractivity contribution is -0.141. The summed E-state index contributed by atoms with van der Waals surface area (Å²) in [5.41, 5.74) is 7.75. The molecule has 260 valence electrons. The molecule has 4 amide bonds. The fourth-order valence-electron chi connectivity index (χ4n) is 5.88. The second kappa shape index (κ2) is 18.7. The molecule has 3 atom stereocenters. The molecule has 0 radical (unpaired) electrons. The largest absolute Gasteiger partial charge is 0.493 e. The third-order valence-corrected chi connectivity index (χ3v) is 8.67. The fourth-order valence-corrected chi connectivity index (χ4v) is 5.88. The number of fused-ring (bicyclic) bond motifs is 1. The summed E-state index contributed by atoms with van der Waals surface area (Å²) in [6.45, 7) is 1.45. The van der Waals surface area contributed by atoms with Crippen molar-refractivity contribution in [2.24, 2.45) is 17.6 Å². The van der Waals surface area contributed by atoms with Gasteiger partial charge in [0.2, 0.25) is 11.8 Å². The van der Waals surface area contributed by atoms with E-state index in [1.807, 2.05) is 18.2 Å². The Hall–Kier alpha value is -4.40. The number of aryl methyl sites for hydroxylation is 1. The van der Waals surface area contributed by atoms with E-state index >= 15 is 0 Å². The van der Waals surface area contributed by atoms with Crippen LogP contribution in [-0.4, -0.2) is 88.9 Å². The Kier molecular flexibility index (Phi) is 14.7. The number of carbonyl (C=O) groups excluding carboxylic acids is 3. The number of ether oxygens (including phenoxy) is 1. The average molecular weight is 662 g/mol. The Balaban J connectivity index is 1.53. The summed E-state index contributed by atoms with van der Waals surface area (Å²) in [5, 5.41) is 37.6. The molecule has 0 aromatic heterocycles. The van der Waals surface area contributed by atoms with Crippen molar-refractivity contribution in [3.05, 3.63) is 29.3 Å². The van der Waals surface area contributed by atoms with Gasteiger partial charge in [0.1, 0.15) is 23.9 Å². The van der Waals surface area contributed by atoms with Crippen molar-refractivity contribution in [2.75, 3.05) is 19.7 Å². The quantitative estimate of drug-likeness (QED) is 0.104. The van der Waals surface area contributed by atoms with Gasteiger partial charge in [-0.25, -0.2) is 14.4 Å². The maximum Gasteiger partial charge on any atom is 0.326 e. The van der Waals surface area contributed by atoms with Crippen molar-refractivity contribution in [3.8, 4) is 5.75 Å². The van der Waals surface area contributed by atoms with Gasteiger partial charge in [-0.15, -0.1) is 0 Å². The minimum atomic E-state index is -1.50. The van der Waals surface area contributed by atoms with Gasteiger partial charge in [0, 0.05) is 25.3 Å². The third kappa shape index (κ3) is 12.4. The number of nitrogens with one attached hydrogen (secondary N) is 4. The summed E-state index contributed by atoms with van der Waals surface area (Å²) >= 11 is 0. The van der Waals surface area contributed by atoms with Crippen molar-refractivity contribution in [1.29, 1.82) is 0 Å². The molecule has 1 heterocycles. The second-order valence-corrected chi connectivity index (χ2v) is 12.2. The number of rotatable bonds is 18. The first kappa shape index (κ1) is 37.1. The van der Waals surface area contributed by atoms with E-state index in [9.17, 15) is 39.0 Å². The van der Waals surface area contributed by atoms with Gasteiger partial charge in [-0.2, -0.15) is 0 Å². The van der Waals surface area contributed by atoms with Gasteiger partial charge in [0.15, 0.2) is 0 Å². The van der Waals surface area contributed by atoms with Crippen LogP contribution in [0, 0.1) is 11.8 Å². The molecule has 47 heavy (non-hydrogen) atoms. The number of urea groups is 1. The van der Waals surface area contributed by atoms with Gasteiger partial charge in [-0.1, -0.05) is 12.1 Å². The second-order valence-electron chi connectivity index (χ2n) is 12.2. The molecule has 1 aromatic rings. The van der Waals surface area contributed by atoms with Crippen LogP contribution in [0.2, 0.25) is 0 Å². The highest BCUT2D eigenvalue weighted by molar-refractivity contribution is 5.89. The predicted molar refractivity (Wildman–Crippen MR) is 169 cm³/mol. The minimum Gasteiger partial charge on any atom is -0.493 e. The summed E-state index contributed by atoms with van der Waals surface area (Å²) in [4.78, 5) is 72.5. The molecule has 1 aromatic carbocycles. The number of hydrogen-bond donors (Lipinski definition) is 8. The van der Waals surface area contributed by atoms with Gasteiger partial charge >= 0.3 is 23.9 Å². The van der Waals surface area contributed by atoms with E-state index in [4.69, 9.17) is 15.6 Å². The zero-order valence-corrected chi connectivity index (χ0v) is 26.5. The van der Waals surface area contributed by atoms with Crippen LogP contribution in [0.5, 0.6) is 5.75 Å². The summed E-state index contributed by atoms with van der Waals surface area (Å²) in [7, 11) is 0. The normalized spacial score (nSPS) is 19.1. The van der Waals surface area contributed by atoms with Gasteiger partial charge < -0.3 is 47.1 Å². The van der Waals surface area contributed by atoms with E-state index in [0.717, 1.165) is 42.6 Å². The monoisotopic (exact) mass is 661 g/mol. The maximum absolute atomic E-state index is 13.3. The molecule has 2 aliphatic rings. The minimum absolute atomic E-state index is 0.00563. The molecule has 0 bridgehead atoms. The van der Waals surface area contributed by atoms with Crippen LogP contribution in [0.25, 0.3) is 0 Å². The van der Waals surface area contributed by atoms with Crippen molar-refractivity contribution in [3.63, 3.8) is 0 Å². The number of hydrogen-bond acceptors (Lipinski definition) is 8. The van der Waals surface area contributed by atoms with E-state index in [1.165, 1.54) is 0 Å². The number of carboxylic acid groups (broad SMARTS) is 3. The summed E-state index contributed by atoms with van der Waals surface area (Å²) < 4.78 is 5.70.